The second-order valence-electron chi connectivity index (χ2n) is 11.1. The van der Waals surface area contributed by atoms with Crippen molar-refractivity contribution < 1.29 is 13.2 Å². The zero-order valence-corrected chi connectivity index (χ0v) is 22.6. The average Bonchev–Trinajstić information content (AvgIpc) is 3.32. The van der Waals surface area contributed by atoms with Crippen molar-refractivity contribution in [2.75, 3.05) is 4.90 Å². The summed E-state index contributed by atoms with van der Waals surface area (Å²) in [6.07, 6.45) is 0. The first-order chi connectivity index (χ1) is 21.1. The molecule has 0 saturated heterocycles. The zero-order chi connectivity index (χ0) is 28.9. The minimum Gasteiger partial charge on any atom is -0.456 e. The molecule has 43 heavy (non-hydrogen) atoms. The minimum atomic E-state index is -0.808. The minimum absolute atomic E-state index is 0.0738. The lowest BCUT2D eigenvalue weighted by atomic mass is 9.64. The summed E-state index contributed by atoms with van der Waals surface area (Å²) < 4.78 is 36.5. The number of nitrogens with zero attached hydrogens (tertiary/aromatic N) is 1. The molecule has 2 heterocycles. The molecule has 9 rings (SSSR count). The lowest BCUT2D eigenvalue weighted by molar-refractivity contribution is 0.600. The molecule has 0 saturated carbocycles. The molecular weight excluding hydrogens is 540 g/mol. The fraction of sp³-hybridized carbons (Fsp3) is 0.0263. The number of hydrogen-bond donors (Lipinski definition) is 0. The van der Waals surface area contributed by atoms with Gasteiger partial charge in [-0.15, -0.1) is 0 Å². The topological polar surface area (TPSA) is 33.5 Å². The van der Waals surface area contributed by atoms with Crippen molar-refractivity contribution in [3.05, 3.63) is 172 Å². The normalized spacial score (nSPS) is 14.0. The number of anilines is 3. The van der Waals surface area contributed by atoms with Gasteiger partial charge >= 0.3 is 0 Å². The van der Waals surface area contributed by atoms with Crippen LogP contribution in [-0.2, 0) is 5.41 Å². The molecule has 1 spiro atoms. The number of halogens is 2. The van der Waals surface area contributed by atoms with Gasteiger partial charge in [0.25, 0.3) is 0 Å². The molecule has 0 N–H and O–H groups in total. The van der Waals surface area contributed by atoms with E-state index in [-0.39, 0.29) is 11.1 Å². The van der Waals surface area contributed by atoms with Crippen LogP contribution in [-0.4, -0.2) is 0 Å². The van der Waals surface area contributed by atoms with Crippen molar-refractivity contribution in [1.82, 2.24) is 0 Å². The second-order valence-corrected chi connectivity index (χ2v) is 11.1. The van der Waals surface area contributed by atoms with Crippen LogP contribution in [0.4, 0.5) is 25.8 Å². The first-order valence-corrected chi connectivity index (χ1v) is 14.1. The Morgan fingerprint density at radius 2 is 1.19 bits per heavy atom. The Morgan fingerprint density at radius 1 is 0.535 bits per heavy atom. The maximum Gasteiger partial charge on any atom is 0.200 e. The van der Waals surface area contributed by atoms with E-state index in [1.807, 2.05) is 83.8 Å². The first-order valence-electron chi connectivity index (χ1n) is 14.1. The molecule has 5 heteroatoms. The summed E-state index contributed by atoms with van der Waals surface area (Å²) in [7, 11) is 0. The van der Waals surface area contributed by atoms with Gasteiger partial charge in [0.15, 0.2) is 0 Å². The van der Waals surface area contributed by atoms with Gasteiger partial charge in [-0.25, -0.2) is 8.78 Å². The first kappa shape index (κ1) is 24.1. The lowest BCUT2D eigenvalue weighted by Gasteiger charge is -2.45. The van der Waals surface area contributed by atoms with E-state index in [9.17, 15) is 9.18 Å². The van der Waals surface area contributed by atoms with Gasteiger partial charge in [0, 0.05) is 6.07 Å². The van der Waals surface area contributed by atoms with Gasteiger partial charge in [0.05, 0.1) is 33.2 Å². The Labute approximate surface area is 244 Å². The third-order valence-electron chi connectivity index (χ3n) is 8.99. The maximum atomic E-state index is 15.5. The fourth-order valence-electron chi connectivity index (χ4n) is 7.32. The molecule has 0 bridgehead atoms. The van der Waals surface area contributed by atoms with Crippen LogP contribution in [0.3, 0.4) is 0 Å². The van der Waals surface area contributed by atoms with Crippen LogP contribution < -0.4 is 10.3 Å². The quantitative estimate of drug-likeness (QED) is 0.187. The second kappa shape index (κ2) is 8.49. The summed E-state index contributed by atoms with van der Waals surface area (Å²) in [4.78, 5) is 15.5. The molecule has 3 nitrogen and oxygen atoms in total. The van der Waals surface area contributed by atoms with E-state index in [0.29, 0.717) is 21.9 Å². The number of benzene rings is 6. The van der Waals surface area contributed by atoms with Gasteiger partial charge < -0.3 is 9.32 Å². The van der Waals surface area contributed by atoms with Crippen LogP contribution in [0, 0.1) is 11.6 Å². The zero-order valence-electron chi connectivity index (χ0n) is 22.6. The lowest BCUT2D eigenvalue weighted by Crippen LogP contribution is -2.36. The van der Waals surface area contributed by atoms with Gasteiger partial charge in [-0.05, 0) is 81.9 Å². The van der Waals surface area contributed by atoms with E-state index in [1.165, 1.54) is 12.1 Å². The van der Waals surface area contributed by atoms with Crippen LogP contribution in [0.15, 0.2) is 137 Å². The predicted molar refractivity (Wildman–Crippen MR) is 165 cm³/mol. The fourth-order valence-corrected chi connectivity index (χ4v) is 7.32. The standard InChI is InChI=1S/C38H21F2NO2/c39-22-17-18-31(40)34(19-22)41-32-14-6-4-12-28(32)38(29-13-5-7-15-33(29)41)27-11-3-1-9-23(27)25-20-26-36(21-30(25)38)43-35-16-8-2-10-24(35)37(26)42/h1-21H. The summed E-state index contributed by atoms with van der Waals surface area (Å²) in [5.41, 5.74) is 7.60. The summed E-state index contributed by atoms with van der Waals surface area (Å²) in [5, 5.41) is 1.06. The molecule has 0 amide bonds. The molecule has 7 aromatic rings. The number of para-hydroxylation sites is 3. The summed E-state index contributed by atoms with van der Waals surface area (Å²) in [5.74, 6) is -1.04. The van der Waals surface area contributed by atoms with Crippen LogP contribution in [0.1, 0.15) is 22.3 Å². The van der Waals surface area contributed by atoms with Gasteiger partial charge in [-0.2, -0.15) is 0 Å². The highest BCUT2D eigenvalue weighted by Crippen LogP contribution is 2.63. The molecule has 0 fully saturated rings. The largest absolute Gasteiger partial charge is 0.456 e. The van der Waals surface area contributed by atoms with Crippen molar-refractivity contribution in [3.63, 3.8) is 0 Å². The Balaban J connectivity index is 1.45. The van der Waals surface area contributed by atoms with Crippen molar-refractivity contribution in [1.29, 1.82) is 0 Å². The molecule has 6 aromatic carbocycles. The van der Waals surface area contributed by atoms with Crippen LogP contribution in [0.5, 0.6) is 0 Å². The molecule has 204 valence electrons. The van der Waals surface area contributed by atoms with Crippen LogP contribution in [0.2, 0.25) is 0 Å². The number of rotatable bonds is 1. The highest BCUT2D eigenvalue weighted by atomic mass is 19.1. The molecule has 1 aliphatic heterocycles. The predicted octanol–water partition coefficient (Wildman–Crippen LogP) is 9.37. The van der Waals surface area contributed by atoms with Crippen LogP contribution >= 0.6 is 0 Å². The molecule has 0 radical (unpaired) electrons. The number of fused-ring (bicyclic) bond motifs is 11. The van der Waals surface area contributed by atoms with Crippen molar-refractivity contribution in [2.45, 2.75) is 5.41 Å². The monoisotopic (exact) mass is 561 g/mol. The van der Waals surface area contributed by atoms with Crippen LogP contribution in [0.25, 0.3) is 33.1 Å². The van der Waals surface area contributed by atoms with E-state index in [4.69, 9.17) is 4.42 Å². The molecule has 1 aliphatic carbocycles. The van der Waals surface area contributed by atoms with Gasteiger partial charge in [-0.3, -0.25) is 4.79 Å². The van der Waals surface area contributed by atoms with Crippen molar-refractivity contribution in [3.8, 4) is 11.1 Å². The Hall–Kier alpha value is -5.55. The molecule has 1 aromatic heterocycles. The van der Waals surface area contributed by atoms with Crippen molar-refractivity contribution in [2.24, 2.45) is 0 Å². The molecule has 0 unspecified atom stereocenters. The highest BCUT2D eigenvalue weighted by Gasteiger charge is 2.52. The third-order valence-corrected chi connectivity index (χ3v) is 8.99. The molecular formula is C38H21F2NO2. The summed E-state index contributed by atoms with van der Waals surface area (Å²) in [6.45, 7) is 0. The SMILES string of the molecule is O=c1c2ccccc2oc2cc3c(cc12)-c1ccccc1C31c2ccccc2N(c2cc(F)ccc2F)c2ccccc21. The van der Waals surface area contributed by atoms with Crippen molar-refractivity contribution >= 4 is 39.0 Å². The molecule has 2 aliphatic rings. The van der Waals surface area contributed by atoms with Gasteiger partial charge in [0.1, 0.15) is 22.8 Å². The van der Waals surface area contributed by atoms with Gasteiger partial charge in [0.2, 0.25) is 5.43 Å². The summed E-state index contributed by atoms with van der Waals surface area (Å²) in [6, 6.07) is 38.8. The summed E-state index contributed by atoms with van der Waals surface area (Å²) >= 11 is 0. The Morgan fingerprint density at radius 3 is 1.95 bits per heavy atom. The van der Waals surface area contributed by atoms with E-state index < -0.39 is 17.0 Å². The van der Waals surface area contributed by atoms with E-state index in [0.717, 1.165) is 50.8 Å². The average molecular weight is 562 g/mol. The number of hydrogen-bond acceptors (Lipinski definition) is 3. The van der Waals surface area contributed by atoms with Gasteiger partial charge in [-0.1, -0.05) is 72.8 Å². The maximum absolute atomic E-state index is 15.5. The smallest absolute Gasteiger partial charge is 0.200 e. The third kappa shape index (κ3) is 3.03. The molecule has 0 atom stereocenters. The highest BCUT2D eigenvalue weighted by molar-refractivity contribution is 6.00. The van der Waals surface area contributed by atoms with E-state index >= 15 is 4.39 Å². The van der Waals surface area contributed by atoms with E-state index in [2.05, 4.69) is 24.3 Å². The van der Waals surface area contributed by atoms with E-state index in [1.54, 1.807) is 6.07 Å². The Kier molecular flexibility index (Phi) is 4.76. The Bertz CT molecular complexity index is 2330.